The first-order valence-electron chi connectivity index (χ1n) is 15.5. The van der Waals surface area contributed by atoms with Gasteiger partial charge in [0, 0.05) is 31.6 Å². The second-order valence-electron chi connectivity index (χ2n) is 13.7. The van der Waals surface area contributed by atoms with Crippen LogP contribution in [0.25, 0.3) is 0 Å². The first kappa shape index (κ1) is 27.8. The van der Waals surface area contributed by atoms with Crippen molar-refractivity contribution in [3.8, 4) is 0 Å². The third kappa shape index (κ3) is 4.74. The second kappa shape index (κ2) is 10.7. The highest BCUT2D eigenvalue weighted by molar-refractivity contribution is 5.69. The Morgan fingerprint density at radius 3 is 2.61 bits per heavy atom. The van der Waals surface area contributed by atoms with Gasteiger partial charge in [-0.05, 0) is 91.9 Å². The van der Waals surface area contributed by atoms with Crippen molar-refractivity contribution in [1.29, 1.82) is 0 Å². The lowest BCUT2D eigenvalue weighted by molar-refractivity contribution is -0.151. The summed E-state index contributed by atoms with van der Waals surface area (Å²) in [5.74, 6) is 4.11. The monoisotopic (exact) mass is 526 g/mol. The number of hydrogen-bond donors (Lipinski definition) is 0. The number of esters is 2. The van der Waals surface area contributed by atoms with E-state index in [2.05, 4.69) is 33.8 Å². The van der Waals surface area contributed by atoms with Crippen molar-refractivity contribution in [2.45, 2.75) is 124 Å². The molecule has 1 heterocycles. The molecule has 5 heteroatoms. The summed E-state index contributed by atoms with van der Waals surface area (Å²) >= 11 is 0. The van der Waals surface area contributed by atoms with Crippen LogP contribution in [0.5, 0.6) is 0 Å². The van der Waals surface area contributed by atoms with E-state index >= 15 is 0 Å². The molecule has 5 aliphatic rings. The topological polar surface area (TPSA) is 61.8 Å². The van der Waals surface area contributed by atoms with Crippen molar-refractivity contribution >= 4 is 11.9 Å². The maximum Gasteiger partial charge on any atom is 0.305 e. The summed E-state index contributed by atoms with van der Waals surface area (Å²) in [5, 5.41) is 0. The van der Waals surface area contributed by atoms with Crippen LogP contribution in [0.4, 0.5) is 0 Å². The number of carbonyl (C=O) groups excluding carboxylic acids is 2. The van der Waals surface area contributed by atoms with Gasteiger partial charge in [0.05, 0.1) is 12.4 Å². The van der Waals surface area contributed by atoms with Crippen LogP contribution in [0.2, 0.25) is 0 Å². The summed E-state index contributed by atoms with van der Waals surface area (Å²) in [6, 6.07) is 0. The van der Waals surface area contributed by atoms with Crippen LogP contribution in [-0.2, 0) is 23.8 Å². The predicted octanol–water partition coefficient (Wildman–Crippen LogP) is 7.54. The summed E-state index contributed by atoms with van der Waals surface area (Å²) in [6.07, 6.45) is 13.8. The SMILES string of the molecule is CCC(=O)OC[C@H](C)CCC1=C(C)[C@@H]2[C@H](C[C@@H]3[C@@H]4CC=C5C[C@@H](OC(=O)CC)CC[C@]5(C)[C@H]4CC[C@@]32C)O1. The van der Waals surface area contributed by atoms with E-state index in [1.54, 1.807) is 5.57 Å². The normalized spacial score (nSPS) is 40.2. The fraction of sp³-hybridized carbons (Fsp3) is 0.818. The molecule has 0 spiro atoms. The van der Waals surface area contributed by atoms with Crippen molar-refractivity contribution in [1.82, 2.24) is 0 Å². The molecule has 3 fully saturated rings. The minimum absolute atomic E-state index is 0.0593. The van der Waals surface area contributed by atoms with Gasteiger partial charge in [-0.3, -0.25) is 9.59 Å². The Hall–Kier alpha value is -1.78. The molecule has 0 radical (unpaired) electrons. The van der Waals surface area contributed by atoms with Crippen molar-refractivity contribution in [3.05, 3.63) is 23.0 Å². The van der Waals surface area contributed by atoms with Crippen LogP contribution >= 0.6 is 0 Å². The second-order valence-corrected chi connectivity index (χ2v) is 13.7. The van der Waals surface area contributed by atoms with Gasteiger partial charge in [0.2, 0.25) is 0 Å². The predicted molar refractivity (Wildman–Crippen MR) is 148 cm³/mol. The first-order valence-corrected chi connectivity index (χ1v) is 15.5. The van der Waals surface area contributed by atoms with Gasteiger partial charge in [-0.15, -0.1) is 0 Å². The van der Waals surface area contributed by atoms with E-state index in [0.29, 0.717) is 48.7 Å². The number of rotatable bonds is 8. The quantitative estimate of drug-likeness (QED) is 0.241. The first-order chi connectivity index (χ1) is 18.1. The van der Waals surface area contributed by atoms with Crippen LogP contribution in [0.15, 0.2) is 23.0 Å². The lowest BCUT2D eigenvalue weighted by Gasteiger charge is -2.58. The van der Waals surface area contributed by atoms with Crippen LogP contribution in [-0.4, -0.2) is 30.8 Å². The lowest BCUT2D eigenvalue weighted by atomic mass is 9.47. The minimum atomic E-state index is -0.111. The van der Waals surface area contributed by atoms with Gasteiger partial charge in [0.15, 0.2) is 0 Å². The summed E-state index contributed by atoms with van der Waals surface area (Å²) in [4.78, 5) is 23.4. The standard InChI is InChI=1S/C33H50O5/c1-7-29(34)36-19-20(3)9-12-27-21(4)31-28(38-27)18-26-24-11-10-22-17-23(37-30(35)8-2)13-15-32(22,5)25(24)14-16-33(26,31)6/h10,20,23-26,28,31H,7-9,11-19H2,1-6H3/t20-,23+,24-,25+,26-,28+,31-,32+,33+/m1/s1. The molecule has 4 aliphatic carbocycles. The third-order valence-electron chi connectivity index (χ3n) is 11.5. The zero-order valence-electron chi connectivity index (χ0n) is 24.6. The number of ether oxygens (including phenoxy) is 3. The summed E-state index contributed by atoms with van der Waals surface area (Å²) in [6.45, 7) is 13.8. The third-order valence-corrected chi connectivity index (χ3v) is 11.5. The van der Waals surface area contributed by atoms with Gasteiger partial charge in [0.25, 0.3) is 0 Å². The largest absolute Gasteiger partial charge is 0.494 e. The maximum absolute atomic E-state index is 11.9. The molecule has 5 nitrogen and oxygen atoms in total. The van der Waals surface area contributed by atoms with Gasteiger partial charge in [-0.1, -0.05) is 46.3 Å². The van der Waals surface area contributed by atoms with E-state index in [1.807, 2.05) is 13.8 Å². The molecule has 0 unspecified atom stereocenters. The van der Waals surface area contributed by atoms with Crippen molar-refractivity contribution in [2.75, 3.05) is 6.61 Å². The van der Waals surface area contributed by atoms with Crippen LogP contribution in [0.1, 0.15) is 112 Å². The van der Waals surface area contributed by atoms with Crippen LogP contribution in [0, 0.1) is 40.4 Å². The van der Waals surface area contributed by atoms with Gasteiger partial charge < -0.3 is 14.2 Å². The Morgan fingerprint density at radius 2 is 1.87 bits per heavy atom. The fourth-order valence-corrected chi connectivity index (χ4v) is 9.38. The minimum Gasteiger partial charge on any atom is -0.494 e. The van der Waals surface area contributed by atoms with E-state index in [1.165, 1.54) is 37.0 Å². The van der Waals surface area contributed by atoms with Gasteiger partial charge >= 0.3 is 11.9 Å². The number of fused-ring (bicyclic) bond motifs is 7. The molecule has 1 aliphatic heterocycles. The highest BCUT2D eigenvalue weighted by atomic mass is 16.5. The van der Waals surface area contributed by atoms with E-state index in [-0.39, 0.29) is 23.5 Å². The molecule has 0 saturated heterocycles. The average Bonchev–Trinajstić information content (AvgIpc) is 3.38. The molecule has 3 saturated carbocycles. The zero-order valence-corrected chi connectivity index (χ0v) is 24.6. The molecule has 212 valence electrons. The van der Waals surface area contributed by atoms with E-state index in [0.717, 1.165) is 43.9 Å². The molecule has 0 bridgehead atoms. The Labute approximate surface area is 230 Å². The molecule has 0 aromatic rings. The Morgan fingerprint density at radius 1 is 1.11 bits per heavy atom. The van der Waals surface area contributed by atoms with Gasteiger partial charge in [-0.2, -0.15) is 0 Å². The average molecular weight is 527 g/mol. The molecular formula is C33H50O5. The fourth-order valence-electron chi connectivity index (χ4n) is 9.38. The van der Waals surface area contributed by atoms with Crippen molar-refractivity contribution < 1.29 is 23.8 Å². The number of hydrogen-bond acceptors (Lipinski definition) is 5. The van der Waals surface area contributed by atoms with Gasteiger partial charge in [0.1, 0.15) is 12.2 Å². The number of allylic oxidation sites excluding steroid dienone is 2. The number of carbonyl (C=O) groups is 2. The van der Waals surface area contributed by atoms with Crippen LogP contribution < -0.4 is 0 Å². The molecule has 9 atom stereocenters. The molecule has 0 aromatic carbocycles. The zero-order chi connectivity index (χ0) is 27.2. The van der Waals surface area contributed by atoms with Gasteiger partial charge in [-0.25, -0.2) is 0 Å². The van der Waals surface area contributed by atoms with Crippen LogP contribution in [0.3, 0.4) is 0 Å². The summed E-state index contributed by atoms with van der Waals surface area (Å²) in [7, 11) is 0. The van der Waals surface area contributed by atoms with Crippen molar-refractivity contribution in [2.24, 2.45) is 40.4 Å². The molecular weight excluding hydrogens is 476 g/mol. The molecule has 38 heavy (non-hydrogen) atoms. The highest BCUT2D eigenvalue weighted by Gasteiger charge is 2.63. The molecule has 0 aromatic heterocycles. The van der Waals surface area contributed by atoms with E-state index < -0.39 is 0 Å². The summed E-state index contributed by atoms with van der Waals surface area (Å²) in [5.41, 5.74) is 3.63. The maximum atomic E-state index is 11.9. The molecule has 0 N–H and O–H groups in total. The summed E-state index contributed by atoms with van der Waals surface area (Å²) < 4.78 is 17.9. The van der Waals surface area contributed by atoms with E-state index in [4.69, 9.17) is 14.2 Å². The Kier molecular flexibility index (Phi) is 7.79. The van der Waals surface area contributed by atoms with Crippen molar-refractivity contribution in [3.63, 3.8) is 0 Å². The molecule has 5 rings (SSSR count). The Balaban J connectivity index is 1.26. The van der Waals surface area contributed by atoms with E-state index in [9.17, 15) is 9.59 Å². The Bertz CT molecular complexity index is 995. The highest BCUT2D eigenvalue weighted by Crippen LogP contribution is 2.69. The smallest absolute Gasteiger partial charge is 0.305 e. The lowest BCUT2D eigenvalue weighted by Crippen LogP contribution is -2.50. The molecule has 0 amide bonds.